The van der Waals surface area contributed by atoms with E-state index in [9.17, 15) is 9.50 Å². The summed E-state index contributed by atoms with van der Waals surface area (Å²) in [6.07, 6.45) is 9.53. The fraction of sp³-hybridized carbons (Fsp3) is 0.647. The summed E-state index contributed by atoms with van der Waals surface area (Å²) in [5, 5.41) is 9.90. The number of aliphatic hydroxyl groups is 1. The molecule has 0 bridgehead atoms. The van der Waals surface area contributed by atoms with Crippen LogP contribution < -0.4 is 4.74 Å². The summed E-state index contributed by atoms with van der Waals surface area (Å²) in [5.41, 5.74) is 0. The van der Waals surface area contributed by atoms with Gasteiger partial charge in [0.05, 0.1) is 6.10 Å². The van der Waals surface area contributed by atoms with E-state index < -0.39 is 6.10 Å². The Morgan fingerprint density at radius 2 is 1.85 bits per heavy atom. The molecule has 1 fully saturated rings. The molecule has 1 aliphatic rings. The Bertz CT molecular complexity index is 371. The summed E-state index contributed by atoms with van der Waals surface area (Å²) in [6, 6.07) is 5.91. The first kappa shape index (κ1) is 15.3. The third-order valence-corrected chi connectivity index (χ3v) is 4.13. The number of hydrogen-bond donors (Lipinski definition) is 1. The van der Waals surface area contributed by atoms with E-state index in [2.05, 4.69) is 0 Å². The molecular formula is C17H25FO2. The lowest BCUT2D eigenvalue weighted by atomic mass is 9.85. The van der Waals surface area contributed by atoms with E-state index in [0.29, 0.717) is 5.75 Å². The Morgan fingerprint density at radius 3 is 2.55 bits per heavy atom. The van der Waals surface area contributed by atoms with Crippen molar-refractivity contribution in [2.45, 2.75) is 57.5 Å². The zero-order chi connectivity index (χ0) is 14.2. The smallest absolute Gasteiger partial charge is 0.123 e. The van der Waals surface area contributed by atoms with Gasteiger partial charge in [-0.15, -0.1) is 0 Å². The quantitative estimate of drug-likeness (QED) is 0.806. The lowest BCUT2D eigenvalue weighted by Gasteiger charge is -2.21. The lowest BCUT2D eigenvalue weighted by Crippen LogP contribution is -2.18. The van der Waals surface area contributed by atoms with Crippen LogP contribution in [0.15, 0.2) is 24.3 Å². The molecule has 1 aliphatic carbocycles. The van der Waals surface area contributed by atoms with Crippen molar-refractivity contribution in [3.8, 4) is 5.75 Å². The van der Waals surface area contributed by atoms with Crippen LogP contribution in [0.3, 0.4) is 0 Å². The Balaban J connectivity index is 1.57. The normalized spacial score (nSPS) is 17.9. The highest BCUT2D eigenvalue weighted by molar-refractivity contribution is 5.22. The van der Waals surface area contributed by atoms with Gasteiger partial charge in [0.25, 0.3) is 0 Å². The molecule has 20 heavy (non-hydrogen) atoms. The molecule has 0 heterocycles. The SMILES string of the molecule is OC(CCCC1CCCCC1)COc1ccc(F)cc1. The standard InChI is InChI=1S/C17H25FO2/c18-15-9-11-17(12-10-15)20-13-16(19)8-4-7-14-5-2-1-3-6-14/h9-12,14,16,19H,1-8,13H2. The van der Waals surface area contributed by atoms with Crippen LogP contribution in [0.5, 0.6) is 5.75 Å². The molecule has 0 amide bonds. The van der Waals surface area contributed by atoms with Crippen molar-refractivity contribution in [1.29, 1.82) is 0 Å². The van der Waals surface area contributed by atoms with E-state index in [0.717, 1.165) is 18.8 Å². The monoisotopic (exact) mass is 280 g/mol. The average molecular weight is 280 g/mol. The molecular weight excluding hydrogens is 255 g/mol. The van der Waals surface area contributed by atoms with Crippen LogP contribution in [0, 0.1) is 11.7 Å². The van der Waals surface area contributed by atoms with Gasteiger partial charge in [-0.2, -0.15) is 0 Å². The van der Waals surface area contributed by atoms with E-state index >= 15 is 0 Å². The van der Waals surface area contributed by atoms with Crippen LogP contribution in [0.4, 0.5) is 4.39 Å². The number of rotatable bonds is 7. The molecule has 1 aromatic rings. The minimum absolute atomic E-state index is 0.273. The number of halogens is 1. The Kier molecular flexibility index (Phi) is 6.31. The van der Waals surface area contributed by atoms with Gasteiger partial charge in [0, 0.05) is 0 Å². The third kappa shape index (κ3) is 5.49. The van der Waals surface area contributed by atoms with E-state index in [-0.39, 0.29) is 12.4 Å². The van der Waals surface area contributed by atoms with Crippen molar-refractivity contribution in [3.05, 3.63) is 30.1 Å². The zero-order valence-corrected chi connectivity index (χ0v) is 12.1. The summed E-state index contributed by atoms with van der Waals surface area (Å²) in [5.74, 6) is 1.21. The molecule has 0 spiro atoms. The van der Waals surface area contributed by atoms with Gasteiger partial charge in [-0.3, -0.25) is 0 Å². The second kappa shape index (κ2) is 8.25. The topological polar surface area (TPSA) is 29.5 Å². The predicted molar refractivity (Wildman–Crippen MR) is 78.3 cm³/mol. The lowest BCUT2D eigenvalue weighted by molar-refractivity contribution is 0.0956. The van der Waals surface area contributed by atoms with Gasteiger partial charge in [0.2, 0.25) is 0 Å². The average Bonchev–Trinajstić information content (AvgIpc) is 2.48. The Hall–Kier alpha value is -1.09. The summed E-state index contributed by atoms with van der Waals surface area (Å²) in [6.45, 7) is 0.288. The van der Waals surface area contributed by atoms with E-state index in [4.69, 9.17) is 4.74 Å². The van der Waals surface area contributed by atoms with Crippen LogP contribution in [0.1, 0.15) is 51.4 Å². The summed E-state index contributed by atoms with van der Waals surface area (Å²) in [4.78, 5) is 0. The predicted octanol–water partition coefficient (Wildman–Crippen LogP) is 4.32. The van der Waals surface area contributed by atoms with Crippen molar-refractivity contribution in [2.75, 3.05) is 6.61 Å². The van der Waals surface area contributed by atoms with Gasteiger partial charge in [-0.1, -0.05) is 44.9 Å². The van der Waals surface area contributed by atoms with Gasteiger partial charge < -0.3 is 9.84 Å². The summed E-state index contributed by atoms with van der Waals surface area (Å²) < 4.78 is 18.2. The van der Waals surface area contributed by atoms with Crippen LogP contribution in [-0.4, -0.2) is 17.8 Å². The molecule has 2 rings (SSSR count). The summed E-state index contributed by atoms with van der Waals surface area (Å²) >= 11 is 0. The van der Waals surface area contributed by atoms with Gasteiger partial charge in [-0.05, 0) is 36.6 Å². The Morgan fingerprint density at radius 1 is 1.15 bits per heavy atom. The highest BCUT2D eigenvalue weighted by Crippen LogP contribution is 2.27. The molecule has 0 saturated heterocycles. The fourth-order valence-electron chi connectivity index (χ4n) is 2.92. The molecule has 3 heteroatoms. The van der Waals surface area contributed by atoms with E-state index in [1.807, 2.05) is 0 Å². The molecule has 0 aromatic heterocycles. The maximum Gasteiger partial charge on any atom is 0.123 e. The second-order valence-electron chi connectivity index (χ2n) is 5.85. The minimum Gasteiger partial charge on any atom is -0.491 e. The van der Waals surface area contributed by atoms with E-state index in [1.165, 1.54) is 50.7 Å². The van der Waals surface area contributed by atoms with Crippen molar-refractivity contribution >= 4 is 0 Å². The first-order chi connectivity index (χ1) is 9.74. The van der Waals surface area contributed by atoms with Crippen molar-refractivity contribution < 1.29 is 14.2 Å². The molecule has 112 valence electrons. The Labute approximate surface area is 121 Å². The maximum atomic E-state index is 12.7. The highest BCUT2D eigenvalue weighted by Gasteiger charge is 2.14. The van der Waals surface area contributed by atoms with Crippen molar-refractivity contribution in [1.82, 2.24) is 0 Å². The molecule has 1 N–H and O–H groups in total. The minimum atomic E-state index is -0.427. The van der Waals surface area contributed by atoms with Crippen LogP contribution >= 0.6 is 0 Å². The number of aliphatic hydroxyl groups excluding tert-OH is 1. The van der Waals surface area contributed by atoms with Crippen LogP contribution in [-0.2, 0) is 0 Å². The third-order valence-electron chi connectivity index (χ3n) is 4.13. The highest BCUT2D eigenvalue weighted by atomic mass is 19.1. The largest absolute Gasteiger partial charge is 0.491 e. The molecule has 1 atom stereocenters. The number of hydrogen-bond acceptors (Lipinski definition) is 2. The first-order valence-corrected chi connectivity index (χ1v) is 7.80. The number of benzene rings is 1. The molecule has 0 radical (unpaired) electrons. The van der Waals surface area contributed by atoms with Gasteiger partial charge in [-0.25, -0.2) is 4.39 Å². The van der Waals surface area contributed by atoms with Crippen molar-refractivity contribution in [2.24, 2.45) is 5.92 Å². The van der Waals surface area contributed by atoms with Gasteiger partial charge in [0.1, 0.15) is 18.2 Å². The van der Waals surface area contributed by atoms with Crippen LogP contribution in [0.2, 0.25) is 0 Å². The molecule has 1 saturated carbocycles. The van der Waals surface area contributed by atoms with Crippen molar-refractivity contribution in [3.63, 3.8) is 0 Å². The van der Waals surface area contributed by atoms with Crippen LogP contribution in [0.25, 0.3) is 0 Å². The molecule has 1 unspecified atom stereocenters. The summed E-state index contributed by atoms with van der Waals surface area (Å²) in [7, 11) is 0. The molecule has 1 aromatic carbocycles. The van der Waals surface area contributed by atoms with Gasteiger partial charge in [0.15, 0.2) is 0 Å². The number of ether oxygens (including phenoxy) is 1. The second-order valence-corrected chi connectivity index (χ2v) is 5.85. The zero-order valence-electron chi connectivity index (χ0n) is 12.1. The van der Waals surface area contributed by atoms with E-state index in [1.54, 1.807) is 12.1 Å². The molecule has 0 aliphatic heterocycles. The van der Waals surface area contributed by atoms with Gasteiger partial charge >= 0.3 is 0 Å². The molecule has 2 nitrogen and oxygen atoms in total. The fourth-order valence-corrected chi connectivity index (χ4v) is 2.92. The first-order valence-electron chi connectivity index (χ1n) is 7.80. The maximum absolute atomic E-state index is 12.7.